The van der Waals surface area contributed by atoms with E-state index in [2.05, 4.69) is 27.3 Å². The van der Waals surface area contributed by atoms with Crippen molar-refractivity contribution < 1.29 is 9.13 Å². The molecule has 1 aromatic carbocycles. The van der Waals surface area contributed by atoms with Crippen LogP contribution in [0.4, 0.5) is 4.39 Å². The first-order valence-electron chi connectivity index (χ1n) is 5.67. The lowest BCUT2D eigenvalue weighted by atomic mass is 10.3. The minimum atomic E-state index is -0.435. The number of nitrogens with one attached hydrogen (secondary N) is 1. The number of thiophene rings is 1. The maximum atomic E-state index is 13.4. The van der Waals surface area contributed by atoms with E-state index in [1.54, 1.807) is 23.5 Å². The standard InChI is InChI=1S/C13H12BrClFNOS/c14-9-6-10(19-8-9)7-17-4-5-18-13-11(15)2-1-3-12(13)16/h1-3,6,8,17H,4-5,7H2. The second kappa shape index (κ2) is 7.24. The van der Waals surface area contributed by atoms with Gasteiger partial charge in [0.05, 0.1) is 5.02 Å². The smallest absolute Gasteiger partial charge is 0.173 e. The average molecular weight is 365 g/mol. The molecule has 0 unspecified atom stereocenters. The number of hydrogen-bond acceptors (Lipinski definition) is 3. The highest BCUT2D eigenvalue weighted by Crippen LogP contribution is 2.26. The van der Waals surface area contributed by atoms with Gasteiger partial charge in [0.1, 0.15) is 6.61 Å². The first-order valence-corrected chi connectivity index (χ1v) is 7.72. The highest BCUT2D eigenvalue weighted by Gasteiger charge is 2.07. The van der Waals surface area contributed by atoms with Crippen molar-refractivity contribution >= 4 is 38.9 Å². The van der Waals surface area contributed by atoms with Gasteiger partial charge in [-0.3, -0.25) is 0 Å². The molecule has 0 aliphatic carbocycles. The Morgan fingerprint density at radius 1 is 1.42 bits per heavy atom. The molecule has 2 nitrogen and oxygen atoms in total. The monoisotopic (exact) mass is 363 g/mol. The van der Waals surface area contributed by atoms with E-state index in [9.17, 15) is 4.39 Å². The summed E-state index contributed by atoms with van der Waals surface area (Å²) in [6, 6.07) is 6.55. The lowest BCUT2D eigenvalue weighted by Gasteiger charge is -2.09. The fourth-order valence-corrected chi connectivity index (χ4v) is 3.14. The summed E-state index contributed by atoms with van der Waals surface area (Å²) < 4.78 is 19.8. The number of halogens is 3. The second-order valence-electron chi connectivity index (χ2n) is 3.81. The summed E-state index contributed by atoms with van der Waals surface area (Å²) in [6.07, 6.45) is 0. The average Bonchev–Trinajstić information content (AvgIpc) is 2.78. The summed E-state index contributed by atoms with van der Waals surface area (Å²) in [5.74, 6) is -0.320. The maximum absolute atomic E-state index is 13.4. The minimum absolute atomic E-state index is 0.116. The van der Waals surface area contributed by atoms with Crippen LogP contribution in [0.1, 0.15) is 4.88 Å². The van der Waals surface area contributed by atoms with Crippen molar-refractivity contribution in [3.63, 3.8) is 0 Å². The molecule has 2 aromatic rings. The van der Waals surface area contributed by atoms with Crippen molar-refractivity contribution in [2.45, 2.75) is 6.54 Å². The molecule has 0 amide bonds. The fourth-order valence-electron chi connectivity index (χ4n) is 1.50. The van der Waals surface area contributed by atoms with Gasteiger partial charge in [-0.1, -0.05) is 17.7 Å². The van der Waals surface area contributed by atoms with Gasteiger partial charge >= 0.3 is 0 Å². The highest BCUT2D eigenvalue weighted by molar-refractivity contribution is 9.10. The normalized spacial score (nSPS) is 10.7. The zero-order valence-electron chi connectivity index (χ0n) is 9.96. The summed E-state index contributed by atoms with van der Waals surface area (Å²) in [5, 5.41) is 5.55. The van der Waals surface area contributed by atoms with Crippen molar-refractivity contribution in [3.8, 4) is 5.75 Å². The van der Waals surface area contributed by atoms with Gasteiger partial charge in [-0.05, 0) is 34.1 Å². The predicted molar refractivity (Wildman–Crippen MR) is 80.6 cm³/mol. The first-order chi connectivity index (χ1) is 9.16. The van der Waals surface area contributed by atoms with E-state index in [4.69, 9.17) is 16.3 Å². The summed E-state index contributed by atoms with van der Waals surface area (Å²) in [4.78, 5) is 1.23. The largest absolute Gasteiger partial charge is 0.488 e. The van der Waals surface area contributed by atoms with E-state index in [1.165, 1.54) is 10.9 Å². The zero-order valence-corrected chi connectivity index (χ0v) is 13.1. The molecule has 0 fully saturated rings. The van der Waals surface area contributed by atoms with Crippen LogP contribution in [0.15, 0.2) is 34.1 Å². The van der Waals surface area contributed by atoms with Gasteiger partial charge in [-0.2, -0.15) is 0 Å². The van der Waals surface area contributed by atoms with E-state index < -0.39 is 5.82 Å². The molecule has 6 heteroatoms. The summed E-state index contributed by atoms with van der Waals surface area (Å²) >= 11 is 10.9. The zero-order chi connectivity index (χ0) is 13.7. The third kappa shape index (κ3) is 4.45. The molecule has 0 bridgehead atoms. The van der Waals surface area contributed by atoms with Gasteiger partial charge in [0.25, 0.3) is 0 Å². The summed E-state index contributed by atoms with van der Waals surface area (Å²) in [6.45, 7) is 1.76. The summed E-state index contributed by atoms with van der Waals surface area (Å²) in [7, 11) is 0. The van der Waals surface area contributed by atoms with Gasteiger partial charge in [0.2, 0.25) is 0 Å². The molecule has 19 heavy (non-hydrogen) atoms. The fraction of sp³-hybridized carbons (Fsp3) is 0.231. The molecular weight excluding hydrogens is 353 g/mol. The van der Waals surface area contributed by atoms with Crippen molar-refractivity contribution in [1.82, 2.24) is 5.32 Å². The Balaban J connectivity index is 1.72. The van der Waals surface area contributed by atoms with E-state index in [1.807, 2.05) is 5.38 Å². The quantitative estimate of drug-likeness (QED) is 0.764. The molecular formula is C13H12BrClFNOS. The Kier molecular flexibility index (Phi) is 5.63. The van der Waals surface area contributed by atoms with Crippen LogP contribution in [0, 0.1) is 5.82 Å². The first kappa shape index (κ1) is 14.8. The maximum Gasteiger partial charge on any atom is 0.173 e. The molecule has 0 radical (unpaired) electrons. The topological polar surface area (TPSA) is 21.3 Å². The van der Waals surface area contributed by atoms with Gasteiger partial charge in [0.15, 0.2) is 11.6 Å². The molecule has 1 aromatic heterocycles. The van der Waals surface area contributed by atoms with Crippen LogP contribution < -0.4 is 10.1 Å². The van der Waals surface area contributed by atoms with Crippen molar-refractivity contribution in [3.05, 3.63) is 49.8 Å². The Bertz CT molecular complexity index is 529. The third-order valence-electron chi connectivity index (χ3n) is 2.37. The highest BCUT2D eigenvalue weighted by atomic mass is 79.9. The number of benzene rings is 1. The van der Waals surface area contributed by atoms with Crippen molar-refractivity contribution in [2.24, 2.45) is 0 Å². The second-order valence-corrected chi connectivity index (χ2v) is 6.13. The van der Waals surface area contributed by atoms with Crippen LogP contribution in [0.2, 0.25) is 5.02 Å². The molecule has 0 saturated carbocycles. The molecule has 0 aliphatic heterocycles. The minimum Gasteiger partial charge on any atom is -0.488 e. The number of hydrogen-bond donors (Lipinski definition) is 1. The van der Waals surface area contributed by atoms with Crippen LogP contribution in [-0.2, 0) is 6.54 Å². The van der Waals surface area contributed by atoms with E-state index in [0.717, 1.165) is 11.0 Å². The lowest BCUT2D eigenvalue weighted by Crippen LogP contribution is -2.20. The van der Waals surface area contributed by atoms with Crippen LogP contribution in [-0.4, -0.2) is 13.2 Å². The molecule has 0 spiro atoms. The molecule has 0 aliphatic rings. The van der Waals surface area contributed by atoms with Gasteiger partial charge in [0, 0.05) is 27.8 Å². The number of ether oxygens (including phenoxy) is 1. The van der Waals surface area contributed by atoms with Crippen LogP contribution in [0.3, 0.4) is 0 Å². The van der Waals surface area contributed by atoms with E-state index in [0.29, 0.717) is 18.2 Å². The molecule has 1 N–H and O–H groups in total. The van der Waals surface area contributed by atoms with Gasteiger partial charge < -0.3 is 10.1 Å². The van der Waals surface area contributed by atoms with Crippen LogP contribution in [0.5, 0.6) is 5.75 Å². The Morgan fingerprint density at radius 3 is 2.95 bits per heavy atom. The van der Waals surface area contributed by atoms with E-state index >= 15 is 0 Å². The van der Waals surface area contributed by atoms with Crippen molar-refractivity contribution in [2.75, 3.05) is 13.2 Å². The van der Waals surface area contributed by atoms with Crippen molar-refractivity contribution in [1.29, 1.82) is 0 Å². The predicted octanol–water partition coefficient (Wildman–Crippen LogP) is 4.47. The third-order valence-corrected chi connectivity index (χ3v) is 4.36. The SMILES string of the molecule is Fc1cccc(Cl)c1OCCNCc1cc(Br)cs1. The Labute approximate surface area is 128 Å². The molecule has 0 atom stereocenters. The molecule has 0 saturated heterocycles. The van der Waals surface area contributed by atoms with Crippen LogP contribution >= 0.6 is 38.9 Å². The number of para-hydroxylation sites is 1. The van der Waals surface area contributed by atoms with Gasteiger partial charge in [-0.25, -0.2) is 4.39 Å². The molecule has 102 valence electrons. The Morgan fingerprint density at radius 2 is 2.26 bits per heavy atom. The molecule has 1 heterocycles. The Hall–Kier alpha value is -0.620. The van der Waals surface area contributed by atoms with E-state index in [-0.39, 0.29) is 5.75 Å². The summed E-state index contributed by atoms with van der Waals surface area (Å²) in [5.41, 5.74) is 0. The number of rotatable bonds is 6. The van der Waals surface area contributed by atoms with Crippen LogP contribution in [0.25, 0.3) is 0 Å². The lowest BCUT2D eigenvalue weighted by molar-refractivity contribution is 0.299. The van der Waals surface area contributed by atoms with Gasteiger partial charge in [-0.15, -0.1) is 11.3 Å². The molecule has 2 rings (SSSR count).